The van der Waals surface area contributed by atoms with Crippen molar-refractivity contribution in [3.05, 3.63) is 28.8 Å². The van der Waals surface area contributed by atoms with Crippen molar-refractivity contribution >= 4 is 29.1 Å². The van der Waals surface area contributed by atoms with Crippen molar-refractivity contribution in [1.82, 2.24) is 10.5 Å². The van der Waals surface area contributed by atoms with Gasteiger partial charge in [-0.2, -0.15) is 0 Å². The predicted molar refractivity (Wildman–Crippen MR) is 93.0 cm³/mol. The highest BCUT2D eigenvalue weighted by molar-refractivity contribution is 6.31. The fraction of sp³-hybridized carbons (Fsp3) is 0.529. The molecule has 2 rings (SSSR count). The number of rotatable bonds is 7. The summed E-state index contributed by atoms with van der Waals surface area (Å²) < 4.78 is 0. The maximum Gasteiger partial charge on any atom is 0.254 e. The molecule has 2 N–H and O–H groups in total. The molecule has 0 atom stereocenters. The zero-order valence-electron chi connectivity index (χ0n) is 14.3. The van der Waals surface area contributed by atoms with Gasteiger partial charge < -0.3 is 0 Å². The topological polar surface area (TPSA) is 70.7 Å². The van der Waals surface area contributed by atoms with Crippen molar-refractivity contribution in [2.45, 2.75) is 46.6 Å². The Hall–Kier alpha value is -1.79. The molecule has 1 aromatic rings. The van der Waals surface area contributed by atoms with E-state index < -0.39 is 5.41 Å². The summed E-state index contributed by atoms with van der Waals surface area (Å²) in [6, 6.07) is 5.32. The molecule has 0 aromatic heterocycles. The summed E-state index contributed by atoms with van der Waals surface area (Å²) in [4.78, 5) is 29.2. The number of hydroxylamine groups is 2. The molecular formula is C17H24ClN3O3. The molecule has 1 aromatic carbocycles. The van der Waals surface area contributed by atoms with E-state index in [0.29, 0.717) is 30.3 Å². The normalized spacial score (nSPS) is 16.3. The lowest BCUT2D eigenvalue weighted by atomic mass is 9.95. The van der Waals surface area contributed by atoms with Crippen LogP contribution < -0.4 is 10.9 Å². The Morgan fingerprint density at radius 1 is 1.42 bits per heavy atom. The van der Waals surface area contributed by atoms with Gasteiger partial charge in [-0.15, -0.1) is 0 Å². The average molecular weight is 354 g/mol. The van der Waals surface area contributed by atoms with Crippen molar-refractivity contribution in [2.24, 2.45) is 5.41 Å². The third-order valence-corrected chi connectivity index (χ3v) is 4.21. The molecule has 0 aliphatic carbocycles. The Morgan fingerprint density at radius 3 is 2.75 bits per heavy atom. The highest BCUT2D eigenvalue weighted by Crippen LogP contribution is 2.30. The highest BCUT2D eigenvalue weighted by atomic mass is 35.5. The third-order valence-electron chi connectivity index (χ3n) is 3.86. The number of anilines is 1. The Kier molecular flexibility index (Phi) is 6.07. The van der Waals surface area contributed by atoms with Gasteiger partial charge in [0.15, 0.2) is 0 Å². The van der Waals surface area contributed by atoms with E-state index in [1.807, 2.05) is 26.8 Å². The summed E-state index contributed by atoms with van der Waals surface area (Å²) in [5, 5.41) is 1.85. The molecule has 132 valence electrons. The lowest BCUT2D eigenvalue weighted by Crippen LogP contribution is -2.30. The Labute approximate surface area is 147 Å². The van der Waals surface area contributed by atoms with Crippen molar-refractivity contribution in [3.63, 3.8) is 0 Å². The van der Waals surface area contributed by atoms with Gasteiger partial charge in [-0.25, -0.2) is 5.06 Å². The SMILES string of the molecule is CCCCC(=O)NNc1ccc(CN2OCC(C)(C)C2=O)c(Cl)c1. The first-order chi connectivity index (χ1) is 11.3. The van der Waals surface area contributed by atoms with Crippen LogP contribution in [0.1, 0.15) is 45.6 Å². The van der Waals surface area contributed by atoms with E-state index in [1.54, 1.807) is 12.1 Å². The molecule has 0 unspecified atom stereocenters. The van der Waals surface area contributed by atoms with Crippen molar-refractivity contribution < 1.29 is 14.4 Å². The Morgan fingerprint density at radius 2 is 2.17 bits per heavy atom. The second-order valence-electron chi connectivity index (χ2n) is 6.58. The minimum Gasteiger partial charge on any atom is -0.299 e. The van der Waals surface area contributed by atoms with Crippen LogP contribution in [0, 0.1) is 5.41 Å². The molecule has 1 aliphatic rings. The van der Waals surface area contributed by atoms with Crippen LogP contribution in [-0.4, -0.2) is 23.5 Å². The van der Waals surface area contributed by atoms with Gasteiger partial charge in [-0.3, -0.25) is 25.3 Å². The van der Waals surface area contributed by atoms with E-state index in [0.717, 1.165) is 18.4 Å². The van der Waals surface area contributed by atoms with E-state index in [4.69, 9.17) is 16.4 Å². The number of hydrogen-bond acceptors (Lipinski definition) is 4. The molecule has 6 nitrogen and oxygen atoms in total. The molecule has 0 saturated carbocycles. The average Bonchev–Trinajstić information content (AvgIpc) is 2.80. The molecule has 1 saturated heterocycles. The molecule has 0 bridgehead atoms. The summed E-state index contributed by atoms with van der Waals surface area (Å²) in [6.45, 7) is 6.41. The number of halogens is 1. The molecule has 7 heteroatoms. The first-order valence-corrected chi connectivity index (χ1v) is 8.49. The van der Waals surface area contributed by atoms with Crippen LogP contribution in [0.3, 0.4) is 0 Å². The van der Waals surface area contributed by atoms with Crippen LogP contribution in [0.15, 0.2) is 18.2 Å². The number of nitrogens with one attached hydrogen (secondary N) is 2. The summed E-state index contributed by atoms with van der Waals surface area (Å²) >= 11 is 6.28. The van der Waals surface area contributed by atoms with Crippen LogP contribution in [-0.2, 0) is 21.0 Å². The number of unbranched alkanes of at least 4 members (excludes halogenated alkanes) is 1. The van der Waals surface area contributed by atoms with Gasteiger partial charge in [-0.05, 0) is 38.0 Å². The zero-order chi connectivity index (χ0) is 17.7. The van der Waals surface area contributed by atoms with Gasteiger partial charge >= 0.3 is 0 Å². The van der Waals surface area contributed by atoms with E-state index >= 15 is 0 Å². The molecule has 1 fully saturated rings. The quantitative estimate of drug-likeness (QED) is 0.738. The first-order valence-electron chi connectivity index (χ1n) is 8.11. The van der Waals surface area contributed by atoms with E-state index in [2.05, 4.69) is 10.9 Å². The van der Waals surface area contributed by atoms with Crippen LogP contribution in [0.5, 0.6) is 0 Å². The number of carbonyl (C=O) groups excluding carboxylic acids is 2. The molecule has 1 aliphatic heterocycles. The molecule has 24 heavy (non-hydrogen) atoms. The lowest BCUT2D eigenvalue weighted by molar-refractivity contribution is -0.165. The smallest absolute Gasteiger partial charge is 0.254 e. The lowest BCUT2D eigenvalue weighted by Gasteiger charge is -2.17. The third kappa shape index (κ3) is 4.61. The summed E-state index contributed by atoms with van der Waals surface area (Å²) in [7, 11) is 0. The van der Waals surface area contributed by atoms with E-state index in [1.165, 1.54) is 5.06 Å². The van der Waals surface area contributed by atoms with E-state index in [9.17, 15) is 9.59 Å². The first kappa shape index (κ1) is 18.5. The zero-order valence-corrected chi connectivity index (χ0v) is 15.1. The summed E-state index contributed by atoms with van der Waals surface area (Å²) in [5.41, 5.74) is 6.44. The maximum absolute atomic E-state index is 12.2. The number of carbonyl (C=O) groups is 2. The highest BCUT2D eigenvalue weighted by Gasteiger charge is 2.40. The van der Waals surface area contributed by atoms with Gasteiger partial charge in [0.2, 0.25) is 5.91 Å². The number of benzene rings is 1. The molecule has 0 spiro atoms. The van der Waals surface area contributed by atoms with Gasteiger partial charge in [0.05, 0.1) is 24.3 Å². The van der Waals surface area contributed by atoms with Crippen molar-refractivity contribution in [3.8, 4) is 0 Å². The number of hydrazine groups is 1. The van der Waals surface area contributed by atoms with E-state index in [-0.39, 0.29) is 11.8 Å². The minimum absolute atomic E-state index is 0.0519. The number of nitrogens with zero attached hydrogens (tertiary/aromatic N) is 1. The predicted octanol–water partition coefficient (Wildman–Crippen LogP) is 3.27. The van der Waals surface area contributed by atoms with Crippen molar-refractivity contribution in [2.75, 3.05) is 12.0 Å². The molecule has 0 radical (unpaired) electrons. The van der Waals surface area contributed by atoms with Gasteiger partial charge in [-0.1, -0.05) is 31.0 Å². The van der Waals surface area contributed by atoms with Gasteiger partial charge in [0.1, 0.15) is 0 Å². The maximum atomic E-state index is 12.2. The van der Waals surface area contributed by atoms with Crippen molar-refractivity contribution in [1.29, 1.82) is 0 Å². The monoisotopic (exact) mass is 353 g/mol. The van der Waals surface area contributed by atoms with Crippen LogP contribution in [0.25, 0.3) is 0 Å². The van der Waals surface area contributed by atoms with Crippen LogP contribution in [0.4, 0.5) is 5.69 Å². The number of amides is 2. The second-order valence-corrected chi connectivity index (χ2v) is 6.99. The van der Waals surface area contributed by atoms with Gasteiger partial charge in [0.25, 0.3) is 5.91 Å². The number of hydrogen-bond donors (Lipinski definition) is 2. The molecule has 1 heterocycles. The fourth-order valence-corrected chi connectivity index (χ4v) is 2.50. The Balaban J connectivity index is 1.93. The fourth-order valence-electron chi connectivity index (χ4n) is 2.26. The minimum atomic E-state index is -0.503. The molecular weight excluding hydrogens is 330 g/mol. The molecule has 2 amide bonds. The second kappa shape index (κ2) is 7.85. The largest absolute Gasteiger partial charge is 0.299 e. The standard InChI is InChI=1S/C17H24ClN3O3/c1-4-5-6-15(22)20-19-13-8-7-12(14(18)9-13)10-21-16(23)17(2,3)11-24-21/h7-9,19H,4-6,10-11H2,1-3H3,(H,20,22). The Bertz CT molecular complexity index is 619. The summed E-state index contributed by atoms with van der Waals surface area (Å²) in [5.74, 6) is -0.112. The van der Waals surface area contributed by atoms with Crippen LogP contribution in [0.2, 0.25) is 5.02 Å². The van der Waals surface area contributed by atoms with Crippen LogP contribution >= 0.6 is 11.6 Å². The van der Waals surface area contributed by atoms with Gasteiger partial charge in [0, 0.05) is 11.4 Å². The summed E-state index contributed by atoms with van der Waals surface area (Å²) in [6.07, 6.45) is 2.31.